The van der Waals surface area contributed by atoms with Crippen LogP contribution in [0.1, 0.15) is 38.3 Å². The molecule has 0 saturated heterocycles. The Bertz CT molecular complexity index is 368. The second-order valence-electron chi connectivity index (χ2n) is 4.35. The van der Waals surface area contributed by atoms with Gasteiger partial charge in [0.1, 0.15) is 17.4 Å². The maximum atomic E-state index is 14.0. The summed E-state index contributed by atoms with van der Waals surface area (Å²) in [6, 6.07) is 2.14. The predicted octanol–water partition coefficient (Wildman–Crippen LogP) is 3.67. The fourth-order valence-electron chi connectivity index (χ4n) is 2.35. The molecule has 18 heavy (non-hydrogen) atoms. The van der Waals surface area contributed by atoms with Crippen LogP contribution in [0.2, 0.25) is 0 Å². The maximum Gasteiger partial charge on any atom is 0.134 e. The van der Waals surface area contributed by atoms with Crippen molar-refractivity contribution in [2.45, 2.75) is 32.7 Å². The van der Waals surface area contributed by atoms with E-state index < -0.39 is 11.6 Å². The van der Waals surface area contributed by atoms with Crippen LogP contribution in [0.25, 0.3) is 0 Å². The molecule has 1 atom stereocenters. The first-order valence-electron chi connectivity index (χ1n) is 6.29. The van der Waals surface area contributed by atoms with Gasteiger partial charge in [0.2, 0.25) is 0 Å². The summed E-state index contributed by atoms with van der Waals surface area (Å²) in [5, 5.41) is 3.02. The van der Waals surface area contributed by atoms with Gasteiger partial charge in [0.05, 0.1) is 7.11 Å². The third-order valence-electron chi connectivity index (χ3n) is 3.43. The molecule has 1 unspecified atom stereocenters. The smallest absolute Gasteiger partial charge is 0.134 e. The normalized spacial score (nSPS) is 12.8. The highest BCUT2D eigenvalue weighted by molar-refractivity contribution is 5.32. The van der Waals surface area contributed by atoms with Crippen molar-refractivity contribution in [1.82, 2.24) is 5.32 Å². The molecule has 0 heterocycles. The number of hydrogen-bond acceptors (Lipinski definition) is 2. The molecule has 0 spiro atoms. The number of methoxy groups -OCH3 is 1. The SMILES string of the molecule is CCC(CC)C(NC)c1c(F)cc(OC)cc1F. The van der Waals surface area contributed by atoms with Crippen LogP contribution in [0.4, 0.5) is 8.78 Å². The fraction of sp³-hybridized carbons (Fsp3) is 0.571. The van der Waals surface area contributed by atoms with Crippen LogP contribution in [0.3, 0.4) is 0 Å². The zero-order chi connectivity index (χ0) is 13.7. The van der Waals surface area contributed by atoms with E-state index in [-0.39, 0.29) is 23.3 Å². The Morgan fingerprint density at radius 3 is 2.00 bits per heavy atom. The number of halogens is 2. The molecule has 0 aliphatic heterocycles. The standard InChI is InChI=1S/C14H21F2NO/c1-5-9(6-2)14(17-3)13-11(15)7-10(18-4)8-12(13)16/h7-9,14,17H,5-6H2,1-4H3. The van der Waals surface area contributed by atoms with E-state index in [9.17, 15) is 8.78 Å². The van der Waals surface area contributed by atoms with Crippen molar-refractivity contribution in [3.8, 4) is 5.75 Å². The molecule has 0 fully saturated rings. The molecule has 1 aromatic carbocycles. The summed E-state index contributed by atoms with van der Waals surface area (Å²) in [6.45, 7) is 4.05. The Labute approximate surface area is 107 Å². The second kappa shape index (κ2) is 6.69. The summed E-state index contributed by atoms with van der Waals surface area (Å²) in [7, 11) is 3.12. The molecule has 0 amide bonds. The number of nitrogens with one attached hydrogen (secondary N) is 1. The third-order valence-corrected chi connectivity index (χ3v) is 3.43. The van der Waals surface area contributed by atoms with E-state index in [1.165, 1.54) is 19.2 Å². The lowest BCUT2D eigenvalue weighted by Gasteiger charge is -2.26. The Balaban J connectivity index is 3.21. The first-order chi connectivity index (χ1) is 8.58. The first kappa shape index (κ1) is 14.9. The molecule has 0 aliphatic rings. The van der Waals surface area contributed by atoms with E-state index in [2.05, 4.69) is 5.32 Å². The highest BCUT2D eigenvalue weighted by atomic mass is 19.1. The average Bonchev–Trinajstić information content (AvgIpc) is 2.36. The molecule has 0 saturated carbocycles. The predicted molar refractivity (Wildman–Crippen MR) is 68.8 cm³/mol. The summed E-state index contributed by atoms with van der Waals surface area (Å²) in [4.78, 5) is 0. The van der Waals surface area contributed by atoms with Crippen LogP contribution in [-0.4, -0.2) is 14.2 Å². The molecule has 0 aromatic heterocycles. The molecule has 1 N–H and O–H groups in total. The lowest BCUT2D eigenvalue weighted by atomic mass is 9.88. The van der Waals surface area contributed by atoms with E-state index in [0.29, 0.717) is 0 Å². The van der Waals surface area contributed by atoms with Gasteiger partial charge in [-0.25, -0.2) is 8.78 Å². The van der Waals surface area contributed by atoms with Crippen molar-refractivity contribution >= 4 is 0 Å². The molecule has 102 valence electrons. The topological polar surface area (TPSA) is 21.3 Å². The zero-order valence-corrected chi connectivity index (χ0v) is 11.4. The largest absolute Gasteiger partial charge is 0.497 e. The zero-order valence-electron chi connectivity index (χ0n) is 11.4. The van der Waals surface area contributed by atoms with Crippen LogP contribution in [-0.2, 0) is 0 Å². The van der Waals surface area contributed by atoms with Gasteiger partial charge in [-0.05, 0) is 13.0 Å². The van der Waals surface area contributed by atoms with Crippen LogP contribution in [0.15, 0.2) is 12.1 Å². The molecule has 4 heteroatoms. The summed E-state index contributed by atoms with van der Waals surface area (Å²) in [6.07, 6.45) is 1.74. The Morgan fingerprint density at radius 2 is 1.67 bits per heavy atom. The number of ether oxygens (including phenoxy) is 1. The van der Waals surface area contributed by atoms with Crippen LogP contribution < -0.4 is 10.1 Å². The van der Waals surface area contributed by atoms with Crippen molar-refractivity contribution < 1.29 is 13.5 Å². The average molecular weight is 257 g/mol. The van der Waals surface area contributed by atoms with Gasteiger partial charge in [0.25, 0.3) is 0 Å². The quantitative estimate of drug-likeness (QED) is 0.839. The van der Waals surface area contributed by atoms with Gasteiger partial charge in [-0.15, -0.1) is 0 Å². The number of hydrogen-bond donors (Lipinski definition) is 1. The fourth-order valence-corrected chi connectivity index (χ4v) is 2.35. The first-order valence-corrected chi connectivity index (χ1v) is 6.29. The van der Waals surface area contributed by atoms with E-state index in [1.54, 1.807) is 7.05 Å². The molecule has 0 bridgehead atoms. The Hall–Kier alpha value is -1.16. The monoisotopic (exact) mass is 257 g/mol. The number of benzene rings is 1. The Morgan fingerprint density at radius 1 is 1.17 bits per heavy atom. The summed E-state index contributed by atoms with van der Waals surface area (Å²) in [5.74, 6) is -0.711. The molecular formula is C14H21F2NO. The number of rotatable bonds is 6. The summed E-state index contributed by atoms with van der Waals surface area (Å²) in [5.41, 5.74) is 0.104. The van der Waals surface area contributed by atoms with Crippen molar-refractivity contribution in [3.05, 3.63) is 29.3 Å². The van der Waals surface area contributed by atoms with Crippen molar-refractivity contribution in [2.75, 3.05) is 14.2 Å². The van der Waals surface area contributed by atoms with Gasteiger partial charge in [-0.2, -0.15) is 0 Å². The second-order valence-corrected chi connectivity index (χ2v) is 4.35. The van der Waals surface area contributed by atoms with Crippen molar-refractivity contribution in [2.24, 2.45) is 5.92 Å². The van der Waals surface area contributed by atoms with Gasteiger partial charge in [-0.3, -0.25) is 0 Å². The Kier molecular flexibility index (Phi) is 5.54. The molecule has 0 aliphatic carbocycles. The van der Waals surface area contributed by atoms with Gasteiger partial charge in [-0.1, -0.05) is 26.7 Å². The highest BCUT2D eigenvalue weighted by Crippen LogP contribution is 2.32. The molecule has 0 radical (unpaired) electrons. The minimum Gasteiger partial charge on any atom is -0.497 e. The third kappa shape index (κ3) is 2.99. The lowest BCUT2D eigenvalue weighted by Crippen LogP contribution is -2.26. The minimum absolute atomic E-state index is 0.104. The van der Waals surface area contributed by atoms with Crippen molar-refractivity contribution in [3.63, 3.8) is 0 Å². The molecule has 1 rings (SSSR count). The maximum absolute atomic E-state index is 14.0. The molecule has 1 aromatic rings. The van der Waals surface area contributed by atoms with E-state index in [1.807, 2.05) is 13.8 Å². The summed E-state index contributed by atoms with van der Waals surface area (Å²) < 4.78 is 32.9. The molecule has 2 nitrogen and oxygen atoms in total. The van der Waals surface area contributed by atoms with Crippen molar-refractivity contribution in [1.29, 1.82) is 0 Å². The highest BCUT2D eigenvalue weighted by Gasteiger charge is 2.25. The molecular weight excluding hydrogens is 236 g/mol. The van der Waals surface area contributed by atoms with Gasteiger partial charge in [0.15, 0.2) is 0 Å². The van der Waals surface area contributed by atoms with Gasteiger partial charge < -0.3 is 10.1 Å². The lowest BCUT2D eigenvalue weighted by molar-refractivity contribution is 0.335. The summed E-state index contributed by atoms with van der Waals surface area (Å²) >= 11 is 0. The van der Waals surface area contributed by atoms with Crippen LogP contribution in [0, 0.1) is 17.6 Å². The van der Waals surface area contributed by atoms with Crippen LogP contribution in [0.5, 0.6) is 5.75 Å². The van der Waals surface area contributed by atoms with Gasteiger partial charge >= 0.3 is 0 Å². The van der Waals surface area contributed by atoms with Gasteiger partial charge in [0, 0.05) is 23.7 Å². The minimum atomic E-state index is -0.557. The van der Waals surface area contributed by atoms with E-state index in [4.69, 9.17) is 4.74 Å². The van der Waals surface area contributed by atoms with Crippen LogP contribution >= 0.6 is 0 Å². The van der Waals surface area contributed by atoms with E-state index >= 15 is 0 Å². The van der Waals surface area contributed by atoms with E-state index in [0.717, 1.165) is 12.8 Å².